The Kier molecular flexibility index (Phi) is 5.65. The summed E-state index contributed by atoms with van der Waals surface area (Å²) in [5.74, 6) is 1.37. The van der Waals surface area contributed by atoms with E-state index < -0.39 is 0 Å². The van der Waals surface area contributed by atoms with Gasteiger partial charge < -0.3 is 4.90 Å². The van der Waals surface area contributed by atoms with E-state index in [2.05, 4.69) is 80.8 Å². The van der Waals surface area contributed by atoms with E-state index in [9.17, 15) is 0 Å². The number of piperidine rings is 1. The maximum Gasteiger partial charge on any atom is 0.147 e. The summed E-state index contributed by atoms with van der Waals surface area (Å²) < 4.78 is 2.31. The van der Waals surface area contributed by atoms with Gasteiger partial charge in [0.1, 0.15) is 5.65 Å². The molecule has 3 aromatic rings. The van der Waals surface area contributed by atoms with E-state index in [1.165, 1.54) is 45.6 Å². The van der Waals surface area contributed by atoms with E-state index in [0.717, 1.165) is 30.3 Å². The lowest BCUT2D eigenvalue weighted by Crippen LogP contribution is -2.33. The second-order valence-corrected chi connectivity index (χ2v) is 9.77. The highest BCUT2D eigenvalue weighted by Gasteiger charge is 2.22. The van der Waals surface area contributed by atoms with Crippen LogP contribution in [0.25, 0.3) is 16.7 Å². The molecule has 0 amide bonds. The van der Waals surface area contributed by atoms with Crippen LogP contribution in [0.2, 0.25) is 0 Å². The van der Waals surface area contributed by atoms with Gasteiger partial charge in [-0.2, -0.15) is 0 Å². The molecule has 0 spiro atoms. The van der Waals surface area contributed by atoms with Crippen molar-refractivity contribution in [2.24, 2.45) is 5.92 Å². The summed E-state index contributed by atoms with van der Waals surface area (Å²) in [6.45, 7) is 13.5. The Morgan fingerprint density at radius 3 is 2.45 bits per heavy atom. The Morgan fingerprint density at radius 1 is 1.07 bits per heavy atom. The van der Waals surface area contributed by atoms with Crippen molar-refractivity contribution in [1.82, 2.24) is 9.55 Å². The SMILES string of the molecule is CSc1cc(C(C)C)ccc1-n1cc(C)c2c(N3CCC(C)CC3)cc(C)nc21. The molecule has 1 fully saturated rings. The maximum absolute atomic E-state index is 5.00. The molecule has 0 saturated carbocycles. The van der Waals surface area contributed by atoms with Crippen molar-refractivity contribution >= 4 is 28.5 Å². The number of rotatable bonds is 4. The number of hydrogen-bond acceptors (Lipinski definition) is 3. The Bertz CT molecular complexity index is 1030. The molecule has 0 atom stereocenters. The number of fused-ring (bicyclic) bond motifs is 1. The van der Waals surface area contributed by atoms with Crippen LogP contribution in [0.3, 0.4) is 0 Å². The zero-order chi connectivity index (χ0) is 20.7. The summed E-state index contributed by atoms with van der Waals surface area (Å²) in [6.07, 6.45) is 6.99. The van der Waals surface area contributed by atoms with E-state index in [1.807, 2.05) is 11.8 Å². The van der Waals surface area contributed by atoms with Crippen LogP contribution in [-0.4, -0.2) is 28.9 Å². The van der Waals surface area contributed by atoms with Gasteiger partial charge in [0.2, 0.25) is 0 Å². The number of pyridine rings is 1. The number of aryl methyl sites for hydroxylation is 2. The van der Waals surface area contributed by atoms with Crippen LogP contribution in [0.5, 0.6) is 0 Å². The molecule has 0 unspecified atom stereocenters. The summed E-state index contributed by atoms with van der Waals surface area (Å²) in [4.78, 5) is 8.89. The molecule has 2 aromatic heterocycles. The van der Waals surface area contributed by atoms with E-state index in [0.29, 0.717) is 5.92 Å². The van der Waals surface area contributed by atoms with E-state index in [-0.39, 0.29) is 0 Å². The summed E-state index contributed by atoms with van der Waals surface area (Å²) in [5, 5.41) is 1.31. The van der Waals surface area contributed by atoms with Crippen LogP contribution in [-0.2, 0) is 0 Å². The van der Waals surface area contributed by atoms with Crippen LogP contribution in [0, 0.1) is 19.8 Å². The van der Waals surface area contributed by atoms with Crippen molar-refractivity contribution in [2.75, 3.05) is 24.2 Å². The molecule has 0 N–H and O–H groups in total. The zero-order valence-corrected chi connectivity index (χ0v) is 19.4. The third-order valence-electron chi connectivity index (χ3n) is 6.31. The maximum atomic E-state index is 5.00. The second-order valence-electron chi connectivity index (χ2n) is 8.92. The molecule has 4 heteroatoms. The molecule has 1 aliphatic rings. The van der Waals surface area contributed by atoms with Gasteiger partial charge in [-0.05, 0) is 74.1 Å². The molecule has 0 radical (unpaired) electrons. The molecular formula is C25H33N3S. The first kappa shape index (κ1) is 20.3. The molecular weight excluding hydrogens is 374 g/mol. The van der Waals surface area contributed by atoms with Gasteiger partial charge in [0, 0.05) is 40.9 Å². The molecule has 3 heterocycles. The fraction of sp³-hybridized carbons (Fsp3) is 0.480. The Morgan fingerprint density at radius 2 is 1.79 bits per heavy atom. The Hall–Kier alpha value is -1.94. The number of hydrogen-bond donors (Lipinski definition) is 0. The van der Waals surface area contributed by atoms with Gasteiger partial charge in [-0.15, -0.1) is 11.8 Å². The van der Waals surface area contributed by atoms with Crippen LogP contribution in [0.1, 0.15) is 56.4 Å². The molecule has 1 saturated heterocycles. The summed E-state index contributed by atoms with van der Waals surface area (Å²) in [6, 6.07) is 9.16. The first-order chi connectivity index (χ1) is 13.9. The smallest absolute Gasteiger partial charge is 0.147 e. The van der Waals surface area contributed by atoms with Gasteiger partial charge in [0.25, 0.3) is 0 Å². The predicted molar refractivity (Wildman–Crippen MR) is 127 cm³/mol. The average molecular weight is 408 g/mol. The van der Waals surface area contributed by atoms with Gasteiger partial charge in [-0.25, -0.2) is 4.98 Å². The van der Waals surface area contributed by atoms with Crippen molar-refractivity contribution in [2.45, 2.75) is 58.3 Å². The summed E-state index contributed by atoms with van der Waals surface area (Å²) in [7, 11) is 0. The third-order valence-corrected chi connectivity index (χ3v) is 7.07. The van der Waals surface area contributed by atoms with E-state index in [1.54, 1.807) is 0 Å². The van der Waals surface area contributed by atoms with Crippen molar-refractivity contribution in [3.63, 3.8) is 0 Å². The van der Waals surface area contributed by atoms with Crippen molar-refractivity contribution in [1.29, 1.82) is 0 Å². The van der Waals surface area contributed by atoms with Gasteiger partial charge in [-0.1, -0.05) is 26.8 Å². The zero-order valence-electron chi connectivity index (χ0n) is 18.6. The first-order valence-electron chi connectivity index (χ1n) is 10.8. The van der Waals surface area contributed by atoms with Crippen LogP contribution >= 0.6 is 11.8 Å². The molecule has 154 valence electrons. The number of aromatic nitrogens is 2. The standard InChI is InChI=1S/C25H33N3S/c1-16(2)20-7-8-21(23(14-20)29-6)28-15-18(4)24-22(13-19(5)26-25(24)28)27-11-9-17(3)10-12-27/h7-8,13-17H,9-12H2,1-6H3. The molecule has 0 aliphatic carbocycles. The summed E-state index contributed by atoms with van der Waals surface area (Å²) in [5.41, 5.74) is 7.47. The van der Waals surface area contributed by atoms with Gasteiger partial charge in [0.05, 0.1) is 5.69 Å². The Balaban J connectivity index is 1.88. The van der Waals surface area contributed by atoms with Gasteiger partial charge >= 0.3 is 0 Å². The number of benzene rings is 1. The lowest BCUT2D eigenvalue weighted by atomic mass is 9.98. The van der Waals surface area contributed by atoms with Gasteiger partial charge in [0.15, 0.2) is 0 Å². The monoisotopic (exact) mass is 407 g/mol. The molecule has 0 bridgehead atoms. The van der Waals surface area contributed by atoms with E-state index >= 15 is 0 Å². The number of anilines is 1. The molecule has 1 aliphatic heterocycles. The van der Waals surface area contributed by atoms with Crippen molar-refractivity contribution in [3.05, 3.63) is 47.3 Å². The fourth-order valence-electron chi connectivity index (χ4n) is 4.45. The minimum Gasteiger partial charge on any atom is -0.371 e. The topological polar surface area (TPSA) is 21.1 Å². The average Bonchev–Trinajstić information content (AvgIpc) is 3.03. The largest absolute Gasteiger partial charge is 0.371 e. The lowest BCUT2D eigenvalue weighted by Gasteiger charge is -2.33. The molecule has 1 aromatic carbocycles. The second kappa shape index (κ2) is 8.06. The minimum atomic E-state index is 0.534. The highest BCUT2D eigenvalue weighted by molar-refractivity contribution is 7.98. The molecule has 3 nitrogen and oxygen atoms in total. The van der Waals surface area contributed by atoms with Crippen LogP contribution in [0.15, 0.2) is 35.4 Å². The number of nitrogens with zero attached hydrogens (tertiary/aromatic N) is 3. The van der Waals surface area contributed by atoms with Crippen molar-refractivity contribution < 1.29 is 0 Å². The fourth-order valence-corrected chi connectivity index (χ4v) is 5.08. The predicted octanol–water partition coefficient (Wildman–Crippen LogP) is 6.72. The quantitative estimate of drug-likeness (QED) is 0.448. The normalized spacial score (nSPS) is 15.6. The van der Waals surface area contributed by atoms with Gasteiger partial charge in [-0.3, -0.25) is 4.57 Å². The molecule has 4 rings (SSSR count). The van der Waals surface area contributed by atoms with E-state index in [4.69, 9.17) is 4.98 Å². The lowest BCUT2D eigenvalue weighted by molar-refractivity contribution is 0.439. The highest BCUT2D eigenvalue weighted by Crippen LogP contribution is 2.37. The summed E-state index contributed by atoms with van der Waals surface area (Å²) >= 11 is 1.82. The Labute approximate surface area is 179 Å². The van der Waals surface area contributed by atoms with Crippen LogP contribution in [0.4, 0.5) is 5.69 Å². The van der Waals surface area contributed by atoms with Crippen LogP contribution < -0.4 is 4.90 Å². The van der Waals surface area contributed by atoms with Crippen molar-refractivity contribution in [3.8, 4) is 5.69 Å². The minimum absolute atomic E-state index is 0.534. The molecule has 29 heavy (non-hydrogen) atoms. The first-order valence-corrected chi connectivity index (χ1v) is 12.0. The highest BCUT2D eigenvalue weighted by atomic mass is 32.2. The number of thioether (sulfide) groups is 1. The third kappa shape index (κ3) is 3.79.